The van der Waals surface area contributed by atoms with Crippen molar-refractivity contribution in [2.24, 2.45) is 4.99 Å². The number of aliphatic imine (C=N–C) groups is 1. The van der Waals surface area contributed by atoms with Gasteiger partial charge in [0.2, 0.25) is 0 Å². The molecule has 1 aliphatic heterocycles. The molecule has 0 spiro atoms. The van der Waals surface area contributed by atoms with Crippen LogP contribution < -0.4 is 19.5 Å². The number of halogens is 1. The largest absolute Gasteiger partial charge is 0.494 e. The van der Waals surface area contributed by atoms with Crippen LogP contribution in [0.15, 0.2) is 44.7 Å². The van der Waals surface area contributed by atoms with Crippen molar-refractivity contribution in [2.75, 3.05) is 26.9 Å². The van der Waals surface area contributed by atoms with Gasteiger partial charge in [0.15, 0.2) is 23.3 Å². The van der Waals surface area contributed by atoms with Crippen LogP contribution in [0.1, 0.15) is 25.0 Å². The summed E-state index contributed by atoms with van der Waals surface area (Å²) >= 11 is 4.70. The number of rotatable bonds is 9. The first-order chi connectivity index (χ1) is 16.3. The summed E-state index contributed by atoms with van der Waals surface area (Å²) in [5, 5.41) is 3.24. The van der Waals surface area contributed by atoms with Crippen LogP contribution in [-0.4, -0.2) is 44.0 Å². The fraction of sp³-hybridized carbons (Fsp3) is 0.292. The molecule has 1 amide bonds. The summed E-state index contributed by atoms with van der Waals surface area (Å²) in [7, 11) is 1.58. The predicted molar refractivity (Wildman–Crippen MR) is 136 cm³/mol. The second-order valence-electron chi connectivity index (χ2n) is 7.01. The standard InChI is InChI=1S/C24H25BrN2O6S/c1-5-31-19-11-15(10-16(25)22(19)33-13-21(28)32-6-2)12-20-23(29)27-24(34-20)26-17-9-14(3)7-8-18(17)30-4/h7-12H,5-6,13H2,1-4H3,(H,26,27,29)/b20-12-. The molecule has 0 aliphatic carbocycles. The zero-order chi connectivity index (χ0) is 24.7. The summed E-state index contributed by atoms with van der Waals surface area (Å²) < 4.78 is 22.2. The first kappa shape index (κ1) is 25.6. The molecule has 34 heavy (non-hydrogen) atoms. The van der Waals surface area contributed by atoms with Crippen molar-refractivity contribution in [1.29, 1.82) is 0 Å². The Bertz CT molecular complexity index is 1150. The van der Waals surface area contributed by atoms with Gasteiger partial charge in [0, 0.05) is 0 Å². The Kier molecular flexibility index (Phi) is 9.00. The van der Waals surface area contributed by atoms with Gasteiger partial charge in [0.25, 0.3) is 5.91 Å². The number of hydrogen-bond donors (Lipinski definition) is 1. The van der Waals surface area contributed by atoms with Gasteiger partial charge in [-0.25, -0.2) is 9.79 Å². The third-order valence-electron chi connectivity index (χ3n) is 4.48. The molecule has 1 saturated heterocycles. The first-order valence-electron chi connectivity index (χ1n) is 10.5. The second-order valence-corrected chi connectivity index (χ2v) is 8.90. The lowest BCUT2D eigenvalue weighted by atomic mass is 10.2. The van der Waals surface area contributed by atoms with E-state index in [1.165, 1.54) is 11.8 Å². The number of amidine groups is 1. The van der Waals surface area contributed by atoms with Crippen molar-refractivity contribution in [1.82, 2.24) is 5.32 Å². The highest BCUT2D eigenvalue weighted by Gasteiger charge is 2.25. The van der Waals surface area contributed by atoms with Crippen molar-refractivity contribution < 1.29 is 28.5 Å². The van der Waals surface area contributed by atoms with Gasteiger partial charge in [0.05, 0.1) is 29.7 Å². The van der Waals surface area contributed by atoms with Crippen LogP contribution >= 0.6 is 27.7 Å². The highest BCUT2D eigenvalue weighted by molar-refractivity contribution is 9.10. The molecule has 180 valence electrons. The van der Waals surface area contributed by atoms with E-state index in [0.717, 1.165) is 5.56 Å². The molecule has 10 heteroatoms. The number of amides is 1. The minimum atomic E-state index is -0.473. The van der Waals surface area contributed by atoms with E-state index in [-0.39, 0.29) is 19.1 Å². The van der Waals surface area contributed by atoms with Crippen molar-refractivity contribution in [3.05, 3.63) is 50.8 Å². The minimum absolute atomic E-state index is 0.243. The van der Waals surface area contributed by atoms with E-state index in [0.29, 0.717) is 49.7 Å². The third kappa shape index (κ3) is 6.54. The number of hydrogen-bond acceptors (Lipinski definition) is 8. The molecule has 0 bridgehead atoms. The van der Waals surface area contributed by atoms with Crippen LogP contribution in [0, 0.1) is 6.92 Å². The van der Waals surface area contributed by atoms with Crippen LogP contribution in [-0.2, 0) is 14.3 Å². The zero-order valence-electron chi connectivity index (χ0n) is 19.3. The van der Waals surface area contributed by atoms with Gasteiger partial charge < -0.3 is 24.3 Å². The molecule has 2 aromatic carbocycles. The maximum atomic E-state index is 12.6. The van der Waals surface area contributed by atoms with Crippen LogP contribution in [0.25, 0.3) is 6.08 Å². The number of carbonyl (C=O) groups is 2. The molecule has 3 rings (SSSR count). The third-order valence-corrected chi connectivity index (χ3v) is 5.98. The van der Waals surface area contributed by atoms with Gasteiger partial charge in [0.1, 0.15) is 11.4 Å². The average Bonchev–Trinajstić information content (AvgIpc) is 3.12. The molecular formula is C24H25BrN2O6S. The normalized spacial score (nSPS) is 15.4. The van der Waals surface area contributed by atoms with E-state index in [1.54, 1.807) is 32.2 Å². The number of nitrogens with zero attached hydrogens (tertiary/aromatic N) is 1. The Morgan fingerprint density at radius 1 is 1.15 bits per heavy atom. The summed E-state index contributed by atoms with van der Waals surface area (Å²) in [4.78, 5) is 29.3. The zero-order valence-corrected chi connectivity index (χ0v) is 21.7. The Balaban J connectivity index is 1.85. The van der Waals surface area contributed by atoms with Crippen LogP contribution in [0.3, 0.4) is 0 Å². The average molecular weight is 549 g/mol. The molecule has 0 saturated carbocycles. The van der Waals surface area contributed by atoms with E-state index < -0.39 is 5.97 Å². The number of methoxy groups -OCH3 is 1. The van der Waals surface area contributed by atoms with Crippen molar-refractivity contribution >= 4 is 56.5 Å². The van der Waals surface area contributed by atoms with E-state index in [2.05, 4.69) is 26.2 Å². The fourth-order valence-electron chi connectivity index (χ4n) is 3.04. The number of carbonyl (C=O) groups excluding carboxylic acids is 2. The summed E-state index contributed by atoms with van der Waals surface area (Å²) in [6.07, 6.45) is 1.73. The van der Waals surface area contributed by atoms with Crippen molar-refractivity contribution in [3.8, 4) is 17.2 Å². The summed E-state index contributed by atoms with van der Waals surface area (Å²) in [6, 6.07) is 9.19. The van der Waals surface area contributed by atoms with E-state index in [4.69, 9.17) is 18.9 Å². The lowest BCUT2D eigenvalue weighted by molar-refractivity contribution is -0.145. The Labute approximate surface area is 210 Å². The number of esters is 1. The summed E-state index contributed by atoms with van der Waals surface area (Å²) in [5.74, 6) is 0.712. The molecule has 1 heterocycles. The molecule has 0 atom stereocenters. The van der Waals surface area contributed by atoms with Gasteiger partial charge in [-0.15, -0.1) is 0 Å². The Morgan fingerprint density at radius 3 is 2.65 bits per heavy atom. The SMILES string of the molecule is CCOC(=O)COc1c(Br)cc(/C=C2\SC(=Nc3cc(C)ccc3OC)NC2=O)cc1OCC. The molecule has 1 N–H and O–H groups in total. The predicted octanol–water partition coefficient (Wildman–Crippen LogP) is 5.00. The van der Waals surface area contributed by atoms with Gasteiger partial charge in [-0.1, -0.05) is 6.07 Å². The number of benzene rings is 2. The lowest BCUT2D eigenvalue weighted by Gasteiger charge is -2.14. The first-order valence-corrected chi connectivity index (χ1v) is 12.1. The van der Waals surface area contributed by atoms with Gasteiger partial charge in [-0.05, 0) is 89.9 Å². The molecule has 2 aromatic rings. The van der Waals surface area contributed by atoms with Crippen LogP contribution in [0.5, 0.6) is 17.2 Å². The minimum Gasteiger partial charge on any atom is -0.494 e. The maximum absolute atomic E-state index is 12.6. The molecule has 0 aromatic heterocycles. The van der Waals surface area contributed by atoms with Gasteiger partial charge in [-0.2, -0.15) is 0 Å². The monoisotopic (exact) mass is 548 g/mol. The maximum Gasteiger partial charge on any atom is 0.344 e. The summed E-state index contributed by atoms with van der Waals surface area (Å²) in [6.45, 7) is 5.96. The van der Waals surface area contributed by atoms with Crippen LogP contribution in [0.2, 0.25) is 0 Å². The summed E-state index contributed by atoms with van der Waals surface area (Å²) in [5.41, 5.74) is 2.38. The molecule has 1 aliphatic rings. The Morgan fingerprint density at radius 2 is 1.94 bits per heavy atom. The van der Waals surface area contributed by atoms with E-state index >= 15 is 0 Å². The second kappa shape index (κ2) is 11.9. The van der Waals surface area contributed by atoms with Gasteiger partial charge >= 0.3 is 5.97 Å². The molecule has 0 unspecified atom stereocenters. The lowest BCUT2D eigenvalue weighted by Crippen LogP contribution is -2.19. The molecule has 8 nitrogen and oxygen atoms in total. The quantitative estimate of drug-likeness (QED) is 0.348. The van der Waals surface area contributed by atoms with Crippen molar-refractivity contribution in [3.63, 3.8) is 0 Å². The number of thioether (sulfide) groups is 1. The fourth-order valence-corrected chi connectivity index (χ4v) is 4.45. The van der Waals surface area contributed by atoms with Crippen molar-refractivity contribution in [2.45, 2.75) is 20.8 Å². The van der Waals surface area contributed by atoms with Gasteiger partial charge in [-0.3, -0.25) is 4.79 Å². The van der Waals surface area contributed by atoms with E-state index in [1.807, 2.05) is 32.0 Å². The highest BCUT2D eigenvalue weighted by Crippen LogP contribution is 2.39. The molecule has 0 radical (unpaired) electrons. The topological polar surface area (TPSA) is 95.5 Å². The number of aryl methyl sites for hydroxylation is 1. The molecular weight excluding hydrogens is 524 g/mol. The molecule has 1 fully saturated rings. The Hall–Kier alpha value is -2.98. The smallest absolute Gasteiger partial charge is 0.344 e. The van der Waals surface area contributed by atoms with E-state index in [9.17, 15) is 9.59 Å². The number of ether oxygens (including phenoxy) is 4. The number of nitrogens with one attached hydrogen (secondary N) is 1. The van der Waals surface area contributed by atoms with Crippen LogP contribution in [0.4, 0.5) is 5.69 Å². The highest BCUT2D eigenvalue weighted by atomic mass is 79.9.